The minimum absolute atomic E-state index is 0.0805. The predicted molar refractivity (Wildman–Crippen MR) is 156 cm³/mol. The highest BCUT2D eigenvalue weighted by molar-refractivity contribution is 5.92. The number of amides is 4. The zero-order valence-corrected chi connectivity index (χ0v) is 23.4. The van der Waals surface area contributed by atoms with E-state index >= 15 is 0 Å². The molecule has 0 aliphatic carbocycles. The highest BCUT2D eigenvalue weighted by Crippen LogP contribution is 2.65. The molecule has 10 nitrogen and oxygen atoms in total. The molecular formula is C34H26N4O6. The Bertz CT molecular complexity index is 1690. The van der Waals surface area contributed by atoms with Gasteiger partial charge in [0.1, 0.15) is 0 Å². The average Bonchev–Trinajstić information content (AvgIpc) is 3.20. The smallest absolute Gasteiger partial charge is 0.335 e. The number of carbonyl (C=O) groups excluding carboxylic acids is 2. The van der Waals surface area contributed by atoms with Crippen molar-refractivity contribution in [1.82, 2.24) is 19.6 Å². The van der Waals surface area contributed by atoms with E-state index in [1.165, 1.54) is 24.3 Å². The van der Waals surface area contributed by atoms with E-state index in [0.29, 0.717) is 11.1 Å². The van der Waals surface area contributed by atoms with Gasteiger partial charge < -0.3 is 10.2 Å². The van der Waals surface area contributed by atoms with Gasteiger partial charge in [0.05, 0.1) is 37.3 Å². The Morgan fingerprint density at radius 1 is 0.477 bits per heavy atom. The Morgan fingerprint density at radius 3 is 1.00 bits per heavy atom. The van der Waals surface area contributed by atoms with Crippen molar-refractivity contribution in [3.8, 4) is 0 Å². The van der Waals surface area contributed by atoms with Gasteiger partial charge in [-0.15, -0.1) is 0 Å². The second-order valence-corrected chi connectivity index (χ2v) is 11.6. The van der Waals surface area contributed by atoms with Gasteiger partial charge in [0, 0.05) is 11.1 Å². The Morgan fingerprint density at radius 2 is 0.750 bits per heavy atom. The lowest BCUT2D eigenvalue weighted by Crippen LogP contribution is -2.62. The van der Waals surface area contributed by atoms with Gasteiger partial charge >= 0.3 is 24.0 Å². The topological polar surface area (TPSA) is 122 Å². The first-order chi connectivity index (χ1) is 21.3. The highest BCUT2D eigenvalue weighted by Gasteiger charge is 2.80. The number of carboxylic acid groups (broad SMARTS) is 2. The molecule has 10 heteroatoms. The van der Waals surface area contributed by atoms with E-state index in [4.69, 9.17) is 0 Å². The third-order valence-corrected chi connectivity index (χ3v) is 9.59. The molecule has 2 fully saturated rings. The zero-order valence-electron chi connectivity index (χ0n) is 23.4. The van der Waals surface area contributed by atoms with Crippen molar-refractivity contribution in [3.05, 3.63) is 142 Å². The lowest BCUT2D eigenvalue weighted by Gasteiger charge is -2.49. The second kappa shape index (κ2) is 8.93. The predicted octanol–water partition coefficient (Wildman–Crippen LogP) is 4.99. The quantitative estimate of drug-likeness (QED) is 0.348. The van der Waals surface area contributed by atoms with Gasteiger partial charge in [-0.1, -0.05) is 72.8 Å². The van der Waals surface area contributed by atoms with E-state index in [0.717, 1.165) is 22.3 Å². The summed E-state index contributed by atoms with van der Waals surface area (Å²) in [7, 11) is 0. The van der Waals surface area contributed by atoms with Crippen molar-refractivity contribution in [3.63, 3.8) is 0 Å². The average molecular weight is 587 g/mol. The summed E-state index contributed by atoms with van der Waals surface area (Å²) in [6.07, 6.45) is 0. The molecule has 0 unspecified atom stereocenters. The summed E-state index contributed by atoms with van der Waals surface area (Å²) in [4.78, 5) is 60.7. The van der Waals surface area contributed by atoms with Crippen molar-refractivity contribution >= 4 is 24.0 Å². The second-order valence-electron chi connectivity index (χ2n) is 11.6. The maximum atomic E-state index is 15.0. The molecule has 4 amide bonds. The van der Waals surface area contributed by atoms with Gasteiger partial charge in [-0.3, -0.25) is 19.6 Å². The number of carbonyl (C=O) groups is 4. The van der Waals surface area contributed by atoms with Crippen LogP contribution >= 0.6 is 0 Å². The molecule has 2 N–H and O–H groups in total. The molecule has 44 heavy (non-hydrogen) atoms. The first-order valence-corrected chi connectivity index (χ1v) is 14.3. The fraction of sp³-hybridized carbons (Fsp3) is 0.176. The van der Waals surface area contributed by atoms with Gasteiger partial charge in [-0.05, 0) is 46.5 Å². The lowest BCUT2D eigenvalue weighted by molar-refractivity contribution is -0.0793. The van der Waals surface area contributed by atoms with E-state index in [-0.39, 0.29) is 49.4 Å². The standard InChI is InChI=1S/C34H26N4O6/c39-29(40)21-9-13-27(14-10-21)33-34(28-15-11-22(12-16-28)30(41)42)37-19-25-7-3-4-8-26(25)20-38(34)32(44)36(33)18-24-6-2-1-5-23(24)17-35(33)31(37)43/h1-16H,17-20H2,(H,39,40)(H,41,42). The van der Waals surface area contributed by atoms with E-state index in [1.807, 2.05) is 48.5 Å². The van der Waals surface area contributed by atoms with E-state index in [9.17, 15) is 29.4 Å². The first kappa shape index (κ1) is 26.0. The van der Waals surface area contributed by atoms with Crippen LogP contribution in [0, 0.1) is 0 Å². The Kier molecular flexibility index (Phi) is 5.28. The van der Waals surface area contributed by atoms with Crippen LogP contribution in [-0.2, 0) is 37.5 Å². The van der Waals surface area contributed by atoms with E-state index < -0.39 is 23.3 Å². The summed E-state index contributed by atoms with van der Waals surface area (Å²) in [5, 5.41) is 19.4. The molecule has 0 bridgehead atoms. The summed E-state index contributed by atoms with van der Waals surface area (Å²) in [6.45, 7) is 0.835. The summed E-state index contributed by atoms with van der Waals surface area (Å²) < 4.78 is 0. The number of fused-ring (bicyclic) bond motifs is 2. The number of hydrogen-bond donors (Lipinski definition) is 2. The SMILES string of the molecule is O=C(O)c1ccc(C23N4Cc5ccccc5CN2C(=O)N2Cc5ccccc5CN(C4=O)C23c2ccc(C(=O)O)cc2)cc1. The molecule has 0 saturated carbocycles. The molecular weight excluding hydrogens is 560 g/mol. The van der Waals surface area contributed by atoms with E-state index in [2.05, 4.69) is 0 Å². The van der Waals surface area contributed by atoms with Gasteiger partial charge in [0.25, 0.3) is 0 Å². The normalized spacial score (nSPS) is 23.1. The van der Waals surface area contributed by atoms with Gasteiger partial charge in [0.2, 0.25) is 0 Å². The molecule has 8 rings (SSSR count). The van der Waals surface area contributed by atoms with Crippen LogP contribution in [0.3, 0.4) is 0 Å². The van der Waals surface area contributed by atoms with Crippen LogP contribution in [-0.4, -0.2) is 53.8 Å². The van der Waals surface area contributed by atoms with Crippen LogP contribution in [0.15, 0.2) is 97.1 Å². The molecule has 0 atom stereocenters. The van der Waals surface area contributed by atoms with Crippen molar-refractivity contribution in [2.45, 2.75) is 37.5 Å². The number of urea groups is 2. The van der Waals surface area contributed by atoms with Crippen LogP contribution in [0.2, 0.25) is 0 Å². The van der Waals surface area contributed by atoms with E-state index in [1.54, 1.807) is 43.9 Å². The number of carboxylic acids is 2. The number of nitrogens with zero attached hydrogens (tertiary/aromatic N) is 4. The number of rotatable bonds is 4. The fourth-order valence-electron chi connectivity index (χ4n) is 7.75. The molecule has 4 aromatic carbocycles. The Balaban J connectivity index is 1.50. The summed E-state index contributed by atoms with van der Waals surface area (Å²) >= 11 is 0. The van der Waals surface area contributed by atoms with Crippen molar-refractivity contribution in [1.29, 1.82) is 0 Å². The van der Waals surface area contributed by atoms with Gasteiger partial charge in [-0.25, -0.2) is 19.2 Å². The third kappa shape index (κ3) is 3.09. The summed E-state index contributed by atoms with van der Waals surface area (Å²) in [5.41, 5.74) is 2.07. The lowest BCUT2D eigenvalue weighted by atomic mass is 9.79. The minimum atomic E-state index is -1.44. The molecule has 0 spiro atoms. The molecule has 4 aliphatic rings. The molecule has 4 heterocycles. The Labute approximate surface area is 252 Å². The minimum Gasteiger partial charge on any atom is -0.478 e. The molecule has 4 aliphatic heterocycles. The zero-order chi connectivity index (χ0) is 30.4. The van der Waals surface area contributed by atoms with Gasteiger partial charge in [0.15, 0.2) is 11.3 Å². The van der Waals surface area contributed by atoms with Crippen molar-refractivity contribution in [2.75, 3.05) is 0 Å². The highest BCUT2D eigenvalue weighted by atomic mass is 16.4. The first-order valence-electron chi connectivity index (χ1n) is 14.3. The summed E-state index contributed by atoms with van der Waals surface area (Å²) in [6, 6.07) is 27.7. The Hall–Kier alpha value is -5.64. The van der Waals surface area contributed by atoms with Crippen LogP contribution in [0.1, 0.15) is 54.1 Å². The monoisotopic (exact) mass is 586 g/mol. The maximum Gasteiger partial charge on any atom is 0.335 e. The van der Waals surface area contributed by atoms with Crippen LogP contribution in [0.5, 0.6) is 0 Å². The molecule has 0 aromatic heterocycles. The van der Waals surface area contributed by atoms with Gasteiger partial charge in [-0.2, -0.15) is 0 Å². The van der Waals surface area contributed by atoms with Crippen LogP contribution < -0.4 is 0 Å². The molecule has 0 radical (unpaired) electrons. The fourth-order valence-corrected chi connectivity index (χ4v) is 7.75. The summed E-state index contributed by atoms with van der Waals surface area (Å²) in [5.74, 6) is -2.17. The number of benzene rings is 4. The van der Waals surface area contributed by atoms with Crippen LogP contribution in [0.4, 0.5) is 9.59 Å². The van der Waals surface area contributed by atoms with Crippen molar-refractivity contribution < 1.29 is 29.4 Å². The maximum absolute atomic E-state index is 15.0. The molecule has 4 aromatic rings. The number of hydrogen-bond acceptors (Lipinski definition) is 4. The number of aromatic carboxylic acids is 2. The third-order valence-electron chi connectivity index (χ3n) is 9.59. The molecule has 218 valence electrons. The van der Waals surface area contributed by atoms with Crippen LogP contribution in [0.25, 0.3) is 0 Å². The van der Waals surface area contributed by atoms with Crippen molar-refractivity contribution in [2.24, 2.45) is 0 Å². The largest absolute Gasteiger partial charge is 0.478 e. The molecule has 2 saturated heterocycles.